The maximum atomic E-state index is 10.5. The molecule has 2 rings (SSSR count). The molecule has 0 bridgehead atoms. The number of benzene rings is 2. The molecule has 2 aromatic carbocycles. The van der Waals surface area contributed by atoms with Crippen LogP contribution < -0.4 is 0 Å². The van der Waals surface area contributed by atoms with Crippen LogP contribution in [0.5, 0.6) is 0 Å². The van der Waals surface area contributed by atoms with Gasteiger partial charge in [0.05, 0.1) is 11.7 Å². The first kappa shape index (κ1) is 17.5. The van der Waals surface area contributed by atoms with Crippen LogP contribution >= 0.6 is 0 Å². The highest BCUT2D eigenvalue weighted by atomic mass is 16.3. The molecule has 0 aliphatic rings. The van der Waals surface area contributed by atoms with Crippen molar-refractivity contribution in [1.82, 2.24) is 0 Å². The Balaban J connectivity index is 2.11. The van der Waals surface area contributed by atoms with E-state index in [1.807, 2.05) is 67.6 Å². The molecule has 1 atom stereocenters. The van der Waals surface area contributed by atoms with Gasteiger partial charge in [0.2, 0.25) is 0 Å². The molecule has 0 radical (unpaired) electrons. The Kier molecular flexibility index (Phi) is 5.75. The van der Waals surface area contributed by atoms with Crippen LogP contribution in [0.1, 0.15) is 55.5 Å². The van der Waals surface area contributed by atoms with Gasteiger partial charge in [-0.15, -0.1) is 0 Å². The monoisotopic (exact) mass is 310 g/mol. The van der Waals surface area contributed by atoms with Gasteiger partial charge in [-0.25, -0.2) is 0 Å². The van der Waals surface area contributed by atoms with Crippen LogP contribution in [0.15, 0.2) is 54.6 Å². The van der Waals surface area contributed by atoms with E-state index in [1.165, 1.54) is 0 Å². The smallest absolute Gasteiger partial charge is 0.0843 e. The fraction of sp³-hybridized carbons (Fsp3) is 0.333. The van der Waals surface area contributed by atoms with Crippen molar-refractivity contribution >= 4 is 6.08 Å². The summed E-state index contributed by atoms with van der Waals surface area (Å²) in [6.07, 6.45) is 4.88. The first-order chi connectivity index (χ1) is 10.9. The van der Waals surface area contributed by atoms with Crippen LogP contribution in [0.3, 0.4) is 0 Å². The number of aliphatic hydroxyl groups excluding tert-OH is 1. The second-order valence-corrected chi connectivity index (χ2v) is 6.44. The second-order valence-electron chi connectivity index (χ2n) is 6.44. The molecule has 0 aromatic heterocycles. The lowest BCUT2D eigenvalue weighted by molar-refractivity contribution is 0.0772. The molecule has 2 N–H and O–H groups in total. The van der Waals surface area contributed by atoms with E-state index in [4.69, 9.17) is 0 Å². The molecular formula is C21H26O2. The molecule has 2 aromatic rings. The molecule has 122 valence electrons. The Morgan fingerprint density at radius 1 is 1.09 bits per heavy atom. The average molecular weight is 310 g/mol. The molecule has 0 amide bonds. The summed E-state index contributed by atoms with van der Waals surface area (Å²) >= 11 is 0. The fourth-order valence-electron chi connectivity index (χ4n) is 2.86. The highest BCUT2D eigenvalue weighted by Gasteiger charge is 2.19. The summed E-state index contributed by atoms with van der Waals surface area (Å²) in [5.41, 5.74) is 3.17. The van der Waals surface area contributed by atoms with E-state index in [0.29, 0.717) is 6.42 Å². The summed E-state index contributed by atoms with van der Waals surface area (Å²) in [5.74, 6) is 0. The predicted molar refractivity (Wildman–Crippen MR) is 96.1 cm³/mol. The summed E-state index contributed by atoms with van der Waals surface area (Å²) in [7, 11) is 0. The zero-order valence-electron chi connectivity index (χ0n) is 14.2. The molecular weight excluding hydrogens is 284 g/mol. The number of rotatable bonds is 6. The van der Waals surface area contributed by atoms with Gasteiger partial charge in [0.1, 0.15) is 0 Å². The number of hydrogen-bond acceptors (Lipinski definition) is 2. The quantitative estimate of drug-likeness (QED) is 0.817. The first-order valence-electron chi connectivity index (χ1n) is 8.13. The molecule has 0 fully saturated rings. The second kappa shape index (κ2) is 7.58. The molecule has 0 saturated carbocycles. The van der Waals surface area contributed by atoms with E-state index in [-0.39, 0.29) is 0 Å². The average Bonchev–Trinajstić information content (AvgIpc) is 2.52. The van der Waals surface area contributed by atoms with E-state index in [1.54, 1.807) is 13.8 Å². The van der Waals surface area contributed by atoms with E-state index in [0.717, 1.165) is 28.7 Å². The van der Waals surface area contributed by atoms with Gasteiger partial charge in [-0.3, -0.25) is 0 Å². The molecule has 0 spiro atoms. The molecule has 0 aliphatic heterocycles. The zero-order valence-corrected chi connectivity index (χ0v) is 14.2. The number of hydrogen-bond donors (Lipinski definition) is 2. The van der Waals surface area contributed by atoms with E-state index < -0.39 is 11.7 Å². The largest absolute Gasteiger partial charge is 0.388 e. The van der Waals surface area contributed by atoms with Gasteiger partial charge in [0.25, 0.3) is 0 Å². The minimum Gasteiger partial charge on any atom is -0.388 e. The van der Waals surface area contributed by atoms with Gasteiger partial charge in [0.15, 0.2) is 0 Å². The topological polar surface area (TPSA) is 40.5 Å². The third kappa shape index (κ3) is 4.78. The Labute approximate surface area is 139 Å². The van der Waals surface area contributed by atoms with Crippen molar-refractivity contribution in [3.63, 3.8) is 0 Å². The molecule has 0 aliphatic carbocycles. The molecule has 0 heterocycles. The Morgan fingerprint density at radius 2 is 1.83 bits per heavy atom. The number of allylic oxidation sites excluding steroid dienone is 1. The van der Waals surface area contributed by atoms with Crippen LogP contribution in [0.4, 0.5) is 0 Å². The van der Waals surface area contributed by atoms with E-state index >= 15 is 0 Å². The van der Waals surface area contributed by atoms with Crippen molar-refractivity contribution in [2.24, 2.45) is 0 Å². The van der Waals surface area contributed by atoms with Crippen LogP contribution in [-0.2, 0) is 12.0 Å². The van der Waals surface area contributed by atoms with Crippen LogP contribution in [-0.4, -0.2) is 10.2 Å². The van der Waals surface area contributed by atoms with Gasteiger partial charge >= 0.3 is 0 Å². The fourth-order valence-corrected chi connectivity index (χ4v) is 2.86. The van der Waals surface area contributed by atoms with Crippen molar-refractivity contribution in [2.45, 2.75) is 45.3 Å². The molecule has 2 nitrogen and oxygen atoms in total. The van der Waals surface area contributed by atoms with Crippen LogP contribution in [0, 0.1) is 0 Å². The number of aryl methyl sites for hydroxylation is 1. The molecule has 2 heteroatoms. The van der Waals surface area contributed by atoms with E-state index in [2.05, 4.69) is 0 Å². The Morgan fingerprint density at radius 3 is 2.52 bits per heavy atom. The maximum absolute atomic E-state index is 10.5. The molecule has 23 heavy (non-hydrogen) atoms. The minimum atomic E-state index is -0.868. The SMILES string of the molecule is C/C=C/c1cccc([C@@H](O)CCc2ccccc2C(C)(C)O)c1. The van der Waals surface area contributed by atoms with Crippen molar-refractivity contribution in [3.8, 4) is 0 Å². The lowest BCUT2D eigenvalue weighted by Gasteiger charge is -2.22. The van der Waals surface area contributed by atoms with Gasteiger partial charge in [-0.1, -0.05) is 54.6 Å². The van der Waals surface area contributed by atoms with Crippen molar-refractivity contribution in [2.75, 3.05) is 0 Å². The van der Waals surface area contributed by atoms with Crippen LogP contribution in [0.25, 0.3) is 6.08 Å². The van der Waals surface area contributed by atoms with E-state index in [9.17, 15) is 10.2 Å². The standard InChI is InChI=1S/C21H26O2/c1-4-8-16-9-7-11-18(15-16)20(22)14-13-17-10-5-6-12-19(17)21(2,3)23/h4-12,15,20,22-23H,13-14H2,1-3H3/b8-4+/t20-/m0/s1. The van der Waals surface area contributed by atoms with Gasteiger partial charge in [-0.2, -0.15) is 0 Å². The van der Waals surface area contributed by atoms with Gasteiger partial charge in [0, 0.05) is 0 Å². The summed E-state index contributed by atoms with van der Waals surface area (Å²) in [6, 6.07) is 15.9. The highest BCUT2D eigenvalue weighted by Crippen LogP contribution is 2.27. The summed E-state index contributed by atoms with van der Waals surface area (Å²) in [6.45, 7) is 5.57. The van der Waals surface area contributed by atoms with Crippen molar-refractivity contribution in [3.05, 3.63) is 76.9 Å². The summed E-state index contributed by atoms with van der Waals surface area (Å²) < 4.78 is 0. The Bertz CT molecular complexity index is 666. The highest BCUT2D eigenvalue weighted by molar-refractivity contribution is 5.50. The lowest BCUT2D eigenvalue weighted by Crippen LogP contribution is -2.18. The predicted octanol–water partition coefficient (Wildman–Crippen LogP) is 4.61. The van der Waals surface area contributed by atoms with Crippen LogP contribution in [0.2, 0.25) is 0 Å². The molecule has 0 unspecified atom stereocenters. The number of aliphatic hydroxyl groups is 2. The normalized spacial score (nSPS) is 13.4. The molecule has 0 saturated heterocycles. The van der Waals surface area contributed by atoms with Gasteiger partial charge in [-0.05, 0) is 61.9 Å². The summed E-state index contributed by atoms with van der Waals surface area (Å²) in [5, 5.41) is 20.8. The Hall–Kier alpha value is -1.90. The zero-order chi connectivity index (χ0) is 16.9. The first-order valence-corrected chi connectivity index (χ1v) is 8.13. The summed E-state index contributed by atoms with van der Waals surface area (Å²) in [4.78, 5) is 0. The third-order valence-corrected chi connectivity index (χ3v) is 4.02. The van der Waals surface area contributed by atoms with Crippen molar-refractivity contribution < 1.29 is 10.2 Å². The lowest BCUT2D eigenvalue weighted by atomic mass is 9.90. The maximum Gasteiger partial charge on any atom is 0.0843 e. The van der Waals surface area contributed by atoms with Crippen molar-refractivity contribution in [1.29, 1.82) is 0 Å². The van der Waals surface area contributed by atoms with Gasteiger partial charge < -0.3 is 10.2 Å². The third-order valence-electron chi connectivity index (χ3n) is 4.02. The minimum absolute atomic E-state index is 0.505.